The quantitative estimate of drug-likeness (QED) is 0.161. The minimum atomic E-state index is -0.178. The van der Waals surface area contributed by atoms with E-state index in [1.54, 1.807) is 24.3 Å². The van der Waals surface area contributed by atoms with E-state index in [4.69, 9.17) is 5.26 Å². The Morgan fingerprint density at radius 3 is 1.46 bits per heavy atom. The third-order valence-corrected chi connectivity index (χ3v) is 7.45. The molecule has 0 bridgehead atoms. The van der Waals surface area contributed by atoms with Crippen molar-refractivity contribution in [1.29, 1.82) is 5.26 Å². The number of hydrogen-bond donors (Lipinski definition) is 0. The average molecular weight is 522 g/mol. The SMILES string of the molecule is CCCCc1ccc(-c2ccc(CCCCCCCc3ccc(-c4ccc(C#N)cc4)cc3F)c(F)c2)cc1. The first kappa shape index (κ1) is 28.2. The molecule has 0 amide bonds. The molecule has 0 aliphatic carbocycles. The molecule has 1 nitrogen and oxygen atoms in total. The van der Waals surface area contributed by atoms with Crippen LogP contribution in [0.3, 0.4) is 0 Å². The van der Waals surface area contributed by atoms with Gasteiger partial charge >= 0.3 is 0 Å². The fourth-order valence-electron chi connectivity index (χ4n) is 5.00. The maximum absolute atomic E-state index is 14.8. The van der Waals surface area contributed by atoms with Crippen LogP contribution in [0.25, 0.3) is 22.3 Å². The molecule has 200 valence electrons. The minimum Gasteiger partial charge on any atom is -0.207 e. The van der Waals surface area contributed by atoms with Gasteiger partial charge < -0.3 is 0 Å². The third kappa shape index (κ3) is 8.11. The molecule has 0 N–H and O–H groups in total. The lowest BCUT2D eigenvalue weighted by molar-refractivity contribution is 0.573. The Hall–Kier alpha value is -3.77. The Kier molecular flexibility index (Phi) is 10.4. The molecular weight excluding hydrogens is 484 g/mol. The number of nitriles is 1. The van der Waals surface area contributed by atoms with Crippen molar-refractivity contribution < 1.29 is 8.78 Å². The van der Waals surface area contributed by atoms with Gasteiger partial charge in [0.05, 0.1) is 11.6 Å². The van der Waals surface area contributed by atoms with Crippen molar-refractivity contribution in [2.75, 3.05) is 0 Å². The number of nitrogens with zero attached hydrogens (tertiary/aromatic N) is 1. The lowest BCUT2D eigenvalue weighted by atomic mass is 9.98. The minimum absolute atomic E-state index is 0.123. The first-order valence-electron chi connectivity index (χ1n) is 14.2. The van der Waals surface area contributed by atoms with Crippen molar-refractivity contribution in [3.8, 4) is 28.3 Å². The fourth-order valence-corrected chi connectivity index (χ4v) is 5.00. The highest BCUT2D eigenvalue weighted by atomic mass is 19.1. The lowest BCUT2D eigenvalue weighted by Gasteiger charge is -2.09. The van der Waals surface area contributed by atoms with Gasteiger partial charge in [-0.2, -0.15) is 5.26 Å². The first-order valence-corrected chi connectivity index (χ1v) is 14.2. The normalized spacial score (nSPS) is 10.9. The molecule has 39 heavy (non-hydrogen) atoms. The van der Waals surface area contributed by atoms with Crippen molar-refractivity contribution >= 4 is 0 Å². The van der Waals surface area contributed by atoms with Gasteiger partial charge in [0.25, 0.3) is 0 Å². The van der Waals surface area contributed by atoms with Gasteiger partial charge in [-0.1, -0.05) is 93.3 Å². The van der Waals surface area contributed by atoms with Crippen molar-refractivity contribution in [2.45, 2.75) is 71.1 Å². The zero-order valence-corrected chi connectivity index (χ0v) is 22.9. The molecule has 0 aliphatic rings. The van der Waals surface area contributed by atoms with Crippen LogP contribution < -0.4 is 0 Å². The molecule has 4 aromatic rings. The molecule has 0 fully saturated rings. The van der Waals surface area contributed by atoms with Crippen molar-refractivity contribution in [1.82, 2.24) is 0 Å². The predicted octanol–water partition coefficient (Wildman–Crippen LogP) is 10.2. The highest BCUT2D eigenvalue weighted by Gasteiger charge is 2.08. The Labute approximate surface area is 232 Å². The Balaban J connectivity index is 1.17. The number of rotatable bonds is 13. The van der Waals surface area contributed by atoms with E-state index in [9.17, 15) is 8.78 Å². The van der Waals surface area contributed by atoms with Crippen LogP contribution in [0.5, 0.6) is 0 Å². The predicted molar refractivity (Wildman–Crippen MR) is 157 cm³/mol. The van der Waals surface area contributed by atoms with E-state index < -0.39 is 0 Å². The van der Waals surface area contributed by atoms with Crippen molar-refractivity contribution in [3.63, 3.8) is 0 Å². The van der Waals surface area contributed by atoms with Gasteiger partial charge in [-0.15, -0.1) is 0 Å². The molecule has 0 unspecified atom stereocenters. The van der Waals surface area contributed by atoms with Gasteiger partial charge in [0.2, 0.25) is 0 Å². The van der Waals surface area contributed by atoms with Crippen LogP contribution in [0, 0.1) is 23.0 Å². The lowest BCUT2D eigenvalue weighted by Crippen LogP contribution is -1.94. The molecule has 0 heterocycles. The summed E-state index contributed by atoms with van der Waals surface area (Å²) < 4.78 is 29.4. The monoisotopic (exact) mass is 521 g/mol. The number of hydrogen-bond acceptors (Lipinski definition) is 1. The molecule has 0 radical (unpaired) electrons. The number of aryl methyl sites for hydroxylation is 3. The summed E-state index contributed by atoms with van der Waals surface area (Å²) in [5.74, 6) is -0.300. The van der Waals surface area contributed by atoms with Gasteiger partial charge in [0.15, 0.2) is 0 Å². The molecule has 0 spiro atoms. The first-order chi connectivity index (χ1) is 19.1. The Morgan fingerprint density at radius 2 is 1.00 bits per heavy atom. The highest BCUT2D eigenvalue weighted by Crippen LogP contribution is 2.25. The summed E-state index contributed by atoms with van der Waals surface area (Å²) in [6, 6.07) is 28.8. The van der Waals surface area contributed by atoms with Crippen molar-refractivity contribution in [2.24, 2.45) is 0 Å². The largest absolute Gasteiger partial charge is 0.207 e. The van der Waals surface area contributed by atoms with E-state index in [0.717, 1.165) is 84.7 Å². The third-order valence-electron chi connectivity index (χ3n) is 7.45. The Bertz CT molecular complexity index is 1380. The summed E-state index contributed by atoms with van der Waals surface area (Å²) in [6.45, 7) is 2.20. The van der Waals surface area contributed by atoms with Crippen LogP contribution in [0.4, 0.5) is 8.78 Å². The van der Waals surface area contributed by atoms with E-state index >= 15 is 0 Å². The van der Waals surface area contributed by atoms with Gasteiger partial charge in [-0.05, 0) is 102 Å². The molecular formula is C36H37F2N. The van der Waals surface area contributed by atoms with Gasteiger partial charge in [-0.3, -0.25) is 0 Å². The second-order valence-corrected chi connectivity index (χ2v) is 10.4. The Morgan fingerprint density at radius 1 is 0.538 bits per heavy atom. The molecule has 4 rings (SSSR count). The molecule has 3 heteroatoms. The molecule has 0 saturated heterocycles. The van der Waals surface area contributed by atoms with Crippen LogP contribution in [0.1, 0.15) is 74.1 Å². The van der Waals surface area contributed by atoms with Crippen LogP contribution >= 0.6 is 0 Å². The summed E-state index contributed by atoms with van der Waals surface area (Å²) >= 11 is 0. The number of halogens is 2. The molecule has 4 aromatic carbocycles. The molecule has 0 atom stereocenters. The summed E-state index contributed by atoms with van der Waals surface area (Å²) in [4.78, 5) is 0. The summed E-state index contributed by atoms with van der Waals surface area (Å²) in [5.41, 5.74) is 7.16. The summed E-state index contributed by atoms with van der Waals surface area (Å²) in [6.07, 6.45) is 9.96. The standard InChI is InChI=1S/C36H37F2N/c1-2-3-9-27-12-16-29(17-13-27)33-22-20-31(35(37)24-33)10-7-5-4-6-8-11-32-21-23-34(25-36(32)38)30-18-14-28(26-39)15-19-30/h12-25H,2-11H2,1H3. The van der Waals surface area contributed by atoms with E-state index in [1.165, 1.54) is 18.4 Å². The van der Waals surface area contributed by atoms with E-state index in [1.807, 2.05) is 36.4 Å². The van der Waals surface area contributed by atoms with Gasteiger partial charge in [-0.25, -0.2) is 8.78 Å². The zero-order valence-electron chi connectivity index (χ0n) is 22.9. The van der Waals surface area contributed by atoms with Gasteiger partial charge in [0, 0.05) is 0 Å². The number of benzene rings is 4. The van der Waals surface area contributed by atoms with E-state index in [0.29, 0.717) is 5.56 Å². The molecule has 0 aromatic heterocycles. The zero-order chi connectivity index (χ0) is 27.5. The summed E-state index contributed by atoms with van der Waals surface area (Å²) in [7, 11) is 0. The summed E-state index contributed by atoms with van der Waals surface area (Å²) in [5, 5.41) is 8.94. The average Bonchev–Trinajstić information content (AvgIpc) is 2.97. The molecule has 0 saturated carbocycles. The van der Waals surface area contributed by atoms with Gasteiger partial charge in [0.1, 0.15) is 11.6 Å². The fraction of sp³-hybridized carbons (Fsp3) is 0.306. The highest BCUT2D eigenvalue weighted by molar-refractivity contribution is 5.65. The maximum atomic E-state index is 14.8. The van der Waals surface area contributed by atoms with Crippen LogP contribution in [0.15, 0.2) is 84.9 Å². The smallest absolute Gasteiger partial charge is 0.127 e. The van der Waals surface area contributed by atoms with E-state index in [-0.39, 0.29) is 11.6 Å². The maximum Gasteiger partial charge on any atom is 0.127 e. The number of unbranched alkanes of at least 4 members (excludes halogenated alkanes) is 5. The second-order valence-electron chi connectivity index (χ2n) is 10.4. The van der Waals surface area contributed by atoms with Crippen LogP contribution in [0.2, 0.25) is 0 Å². The van der Waals surface area contributed by atoms with E-state index in [2.05, 4.69) is 37.3 Å². The van der Waals surface area contributed by atoms with Crippen LogP contribution in [-0.2, 0) is 19.3 Å². The second kappa shape index (κ2) is 14.4. The molecule has 0 aliphatic heterocycles. The van der Waals surface area contributed by atoms with Crippen LogP contribution in [-0.4, -0.2) is 0 Å². The van der Waals surface area contributed by atoms with Crippen molar-refractivity contribution in [3.05, 3.63) is 119 Å². The topological polar surface area (TPSA) is 23.8 Å².